The number of benzene rings is 1. The molecule has 0 aliphatic carbocycles. The SMILES string of the molecule is CCCn1ccnc1CNc1c(Cl)cc(F)cc1Br. The van der Waals surface area contributed by atoms with Crippen molar-refractivity contribution in [3.05, 3.63) is 45.7 Å². The number of aryl methyl sites for hydroxylation is 1. The first-order chi connectivity index (χ1) is 9.11. The van der Waals surface area contributed by atoms with E-state index in [9.17, 15) is 4.39 Å². The lowest BCUT2D eigenvalue weighted by Gasteiger charge is -2.12. The molecule has 0 fully saturated rings. The van der Waals surface area contributed by atoms with E-state index in [1.54, 1.807) is 6.20 Å². The van der Waals surface area contributed by atoms with E-state index in [0.717, 1.165) is 18.8 Å². The Hall–Kier alpha value is -1.07. The van der Waals surface area contributed by atoms with Gasteiger partial charge in [-0.15, -0.1) is 0 Å². The zero-order chi connectivity index (χ0) is 13.8. The van der Waals surface area contributed by atoms with Crippen molar-refractivity contribution in [3.63, 3.8) is 0 Å². The molecule has 0 aliphatic heterocycles. The van der Waals surface area contributed by atoms with Gasteiger partial charge in [0.2, 0.25) is 0 Å². The molecule has 2 aromatic rings. The minimum atomic E-state index is -0.366. The van der Waals surface area contributed by atoms with Crippen molar-refractivity contribution in [3.8, 4) is 0 Å². The lowest BCUT2D eigenvalue weighted by atomic mass is 10.3. The number of nitrogens with zero attached hydrogens (tertiary/aromatic N) is 2. The van der Waals surface area contributed by atoms with Crippen LogP contribution >= 0.6 is 27.5 Å². The molecule has 1 aromatic heterocycles. The molecule has 0 amide bonds. The number of nitrogens with one attached hydrogen (secondary N) is 1. The van der Waals surface area contributed by atoms with Gasteiger partial charge in [-0.1, -0.05) is 18.5 Å². The molecular formula is C13H14BrClFN3. The molecule has 1 aromatic carbocycles. The summed E-state index contributed by atoms with van der Waals surface area (Å²) in [6, 6.07) is 2.67. The van der Waals surface area contributed by atoms with Crippen LogP contribution in [0.2, 0.25) is 5.02 Å². The van der Waals surface area contributed by atoms with E-state index < -0.39 is 0 Å². The third-order valence-electron chi connectivity index (χ3n) is 2.70. The van der Waals surface area contributed by atoms with Gasteiger partial charge in [-0.25, -0.2) is 9.37 Å². The van der Waals surface area contributed by atoms with E-state index in [-0.39, 0.29) is 5.82 Å². The van der Waals surface area contributed by atoms with Crippen LogP contribution < -0.4 is 5.32 Å². The smallest absolute Gasteiger partial charge is 0.128 e. The van der Waals surface area contributed by atoms with Crippen molar-refractivity contribution >= 4 is 33.2 Å². The van der Waals surface area contributed by atoms with Crippen LogP contribution in [0.4, 0.5) is 10.1 Å². The quantitative estimate of drug-likeness (QED) is 0.866. The molecule has 0 bridgehead atoms. The summed E-state index contributed by atoms with van der Waals surface area (Å²) in [5.41, 5.74) is 0.675. The molecule has 3 nitrogen and oxygen atoms in total. The van der Waals surface area contributed by atoms with Crippen LogP contribution in [0.25, 0.3) is 0 Å². The third kappa shape index (κ3) is 3.48. The maximum atomic E-state index is 13.1. The highest BCUT2D eigenvalue weighted by Crippen LogP contribution is 2.31. The summed E-state index contributed by atoms with van der Waals surface area (Å²) in [6.07, 6.45) is 4.76. The predicted octanol–water partition coefficient (Wildman–Crippen LogP) is 4.46. The zero-order valence-electron chi connectivity index (χ0n) is 10.5. The van der Waals surface area contributed by atoms with Gasteiger partial charge < -0.3 is 9.88 Å². The fraction of sp³-hybridized carbons (Fsp3) is 0.308. The Morgan fingerprint density at radius 2 is 2.26 bits per heavy atom. The Morgan fingerprint density at radius 1 is 1.47 bits per heavy atom. The largest absolute Gasteiger partial charge is 0.376 e. The van der Waals surface area contributed by atoms with E-state index in [4.69, 9.17) is 11.6 Å². The minimum Gasteiger partial charge on any atom is -0.376 e. The molecule has 0 saturated carbocycles. The monoisotopic (exact) mass is 345 g/mol. The lowest BCUT2D eigenvalue weighted by molar-refractivity contribution is 0.627. The van der Waals surface area contributed by atoms with Crippen molar-refractivity contribution in [2.75, 3.05) is 5.32 Å². The number of halogens is 3. The van der Waals surface area contributed by atoms with Gasteiger partial charge in [-0.2, -0.15) is 0 Å². The highest BCUT2D eigenvalue weighted by Gasteiger charge is 2.09. The van der Waals surface area contributed by atoms with Crippen LogP contribution in [-0.4, -0.2) is 9.55 Å². The van der Waals surface area contributed by atoms with Crippen molar-refractivity contribution < 1.29 is 4.39 Å². The summed E-state index contributed by atoms with van der Waals surface area (Å²) in [5, 5.41) is 3.53. The molecule has 1 heterocycles. The fourth-order valence-corrected chi connectivity index (χ4v) is 2.79. The predicted molar refractivity (Wildman–Crippen MR) is 79.0 cm³/mol. The maximum absolute atomic E-state index is 13.1. The molecule has 0 unspecified atom stereocenters. The molecule has 0 aliphatic rings. The second-order valence-electron chi connectivity index (χ2n) is 4.13. The highest BCUT2D eigenvalue weighted by atomic mass is 79.9. The number of hydrogen-bond donors (Lipinski definition) is 1. The molecule has 102 valence electrons. The van der Waals surface area contributed by atoms with Crippen molar-refractivity contribution in [1.29, 1.82) is 0 Å². The van der Waals surface area contributed by atoms with Crippen molar-refractivity contribution in [2.24, 2.45) is 0 Å². The number of aromatic nitrogens is 2. The summed E-state index contributed by atoms with van der Waals surface area (Å²) >= 11 is 9.31. The van der Waals surface area contributed by atoms with Crippen LogP contribution in [0.5, 0.6) is 0 Å². The van der Waals surface area contributed by atoms with E-state index in [2.05, 4.69) is 37.7 Å². The van der Waals surface area contributed by atoms with Crippen LogP contribution in [-0.2, 0) is 13.1 Å². The fourth-order valence-electron chi connectivity index (χ4n) is 1.83. The van der Waals surface area contributed by atoms with Gasteiger partial charge in [-0.05, 0) is 34.5 Å². The van der Waals surface area contributed by atoms with Crippen molar-refractivity contribution in [2.45, 2.75) is 26.4 Å². The molecule has 0 spiro atoms. The van der Waals surface area contributed by atoms with Crippen molar-refractivity contribution in [1.82, 2.24) is 9.55 Å². The van der Waals surface area contributed by atoms with Crippen LogP contribution in [0.15, 0.2) is 29.0 Å². The molecule has 2 rings (SSSR count). The summed E-state index contributed by atoms with van der Waals surface area (Å²) < 4.78 is 15.8. The number of hydrogen-bond acceptors (Lipinski definition) is 2. The Labute approximate surface area is 124 Å². The van der Waals surface area contributed by atoms with Crippen LogP contribution in [0.1, 0.15) is 19.2 Å². The van der Waals surface area contributed by atoms with Crippen LogP contribution in [0, 0.1) is 5.82 Å². The maximum Gasteiger partial charge on any atom is 0.128 e. The Balaban J connectivity index is 2.12. The number of rotatable bonds is 5. The first-order valence-electron chi connectivity index (χ1n) is 6.00. The van der Waals surface area contributed by atoms with E-state index in [1.165, 1.54) is 12.1 Å². The van der Waals surface area contributed by atoms with Gasteiger partial charge in [0.15, 0.2) is 0 Å². The van der Waals surface area contributed by atoms with Gasteiger partial charge in [0.25, 0.3) is 0 Å². The van der Waals surface area contributed by atoms with Gasteiger partial charge >= 0.3 is 0 Å². The van der Waals surface area contributed by atoms with E-state index in [0.29, 0.717) is 21.7 Å². The average Bonchev–Trinajstić information content (AvgIpc) is 2.76. The molecule has 19 heavy (non-hydrogen) atoms. The molecule has 0 atom stereocenters. The van der Waals surface area contributed by atoms with E-state index >= 15 is 0 Å². The minimum absolute atomic E-state index is 0.348. The summed E-state index contributed by atoms with van der Waals surface area (Å²) in [7, 11) is 0. The van der Waals surface area contributed by atoms with Gasteiger partial charge in [0.05, 0.1) is 17.3 Å². The third-order valence-corrected chi connectivity index (χ3v) is 3.62. The summed E-state index contributed by atoms with van der Waals surface area (Å²) in [5.74, 6) is 0.559. The Morgan fingerprint density at radius 3 is 2.95 bits per heavy atom. The lowest BCUT2D eigenvalue weighted by Crippen LogP contribution is -2.09. The molecular weight excluding hydrogens is 333 g/mol. The first kappa shape index (κ1) is 14.3. The topological polar surface area (TPSA) is 29.9 Å². The first-order valence-corrected chi connectivity index (χ1v) is 7.17. The zero-order valence-corrected chi connectivity index (χ0v) is 12.8. The normalized spacial score (nSPS) is 10.7. The Bertz CT molecular complexity index is 548. The van der Waals surface area contributed by atoms with Gasteiger partial charge in [0.1, 0.15) is 11.6 Å². The number of anilines is 1. The molecule has 0 radical (unpaired) electrons. The Kier molecular flexibility index (Phi) is 4.82. The average molecular weight is 347 g/mol. The molecule has 6 heteroatoms. The second kappa shape index (κ2) is 6.39. The second-order valence-corrected chi connectivity index (χ2v) is 5.40. The molecule has 1 N–H and O–H groups in total. The molecule has 0 saturated heterocycles. The number of imidazole rings is 1. The summed E-state index contributed by atoms with van der Waals surface area (Å²) in [4.78, 5) is 4.29. The van der Waals surface area contributed by atoms with Gasteiger partial charge in [0, 0.05) is 23.4 Å². The van der Waals surface area contributed by atoms with E-state index in [1.807, 2.05) is 6.20 Å². The highest BCUT2D eigenvalue weighted by molar-refractivity contribution is 9.10. The standard InChI is InChI=1S/C13H14BrClFN3/c1-2-4-19-5-3-17-12(19)8-18-13-10(14)6-9(16)7-11(13)15/h3,5-7,18H,2,4,8H2,1H3. The summed E-state index contributed by atoms with van der Waals surface area (Å²) in [6.45, 7) is 3.58. The van der Waals surface area contributed by atoms with Gasteiger partial charge in [-0.3, -0.25) is 0 Å². The van der Waals surface area contributed by atoms with Crippen LogP contribution in [0.3, 0.4) is 0 Å².